The van der Waals surface area contributed by atoms with E-state index in [1.54, 1.807) is 17.3 Å². The first-order chi connectivity index (χ1) is 15.1. The summed E-state index contributed by atoms with van der Waals surface area (Å²) in [6, 6.07) is 16.5. The van der Waals surface area contributed by atoms with Gasteiger partial charge in [0.1, 0.15) is 0 Å². The molecule has 0 radical (unpaired) electrons. The van der Waals surface area contributed by atoms with Crippen LogP contribution in [0.25, 0.3) is 11.1 Å². The van der Waals surface area contributed by atoms with Crippen molar-refractivity contribution in [3.63, 3.8) is 0 Å². The molecule has 31 heavy (non-hydrogen) atoms. The number of likely N-dealkylation sites (tertiary alicyclic amines) is 1. The van der Waals surface area contributed by atoms with Gasteiger partial charge in [0.15, 0.2) is 0 Å². The Morgan fingerprint density at radius 1 is 1.03 bits per heavy atom. The zero-order chi connectivity index (χ0) is 21.7. The first kappa shape index (κ1) is 21.2. The Bertz CT molecular complexity index is 1010. The lowest BCUT2D eigenvalue weighted by Crippen LogP contribution is -2.52. The van der Waals surface area contributed by atoms with Crippen LogP contribution in [0.2, 0.25) is 0 Å². The van der Waals surface area contributed by atoms with Crippen LogP contribution in [0.3, 0.4) is 0 Å². The highest BCUT2D eigenvalue weighted by atomic mass is 16.2. The number of hydrogen-bond donors (Lipinski definition) is 0. The van der Waals surface area contributed by atoms with Crippen molar-refractivity contribution in [2.45, 2.75) is 25.8 Å². The molecule has 1 saturated heterocycles. The van der Waals surface area contributed by atoms with Gasteiger partial charge in [0.2, 0.25) is 5.91 Å². The third kappa shape index (κ3) is 4.83. The van der Waals surface area contributed by atoms with Crippen molar-refractivity contribution in [3.8, 4) is 11.1 Å². The monoisotopic (exact) mass is 414 g/mol. The number of piperidine rings is 1. The van der Waals surface area contributed by atoms with Crippen molar-refractivity contribution < 1.29 is 4.79 Å². The lowest BCUT2D eigenvalue weighted by Gasteiger charge is -2.43. The smallest absolute Gasteiger partial charge is 0.229 e. The highest BCUT2D eigenvalue weighted by Gasteiger charge is 2.43. The molecule has 1 amide bonds. The molecule has 4 rings (SSSR count). The van der Waals surface area contributed by atoms with Gasteiger partial charge < -0.3 is 4.90 Å². The lowest BCUT2D eigenvalue weighted by atomic mass is 9.73. The molecule has 1 fully saturated rings. The molecule has 0 saturated carbocycles. The predicted molar refractivity (Wildman–Crippen MR) is 123 cm³/mol. The Labute approximate surface area is 184 Å². The normalized spacial score (nSPS) is 19.2. The summed E-state index contributed by atoms with van der Waals surface area (Å²) in [5.74, 6) is 0.212. The Hall–Kier alpha value is -3.05. The number of nitrogens with zero attached hydrogens (tertiary/aromatic N) is 4. The molecule has 2 aromatic heterocycles. The zero-order valence-corrected chi connectivity index (χ0v) is 18.4. The summed E-state index contributed by atoms with van der Waals surface area (Å²) in [6.07, 6.45) is 10.0. The maximum absolute atomic E-state index is 13.5. The Morgan fingerprint density at radius 2 is 1.81 bits per heavy atom. The van der Waals surface area contributed by atoms with Crippen LogP contribution in [0.15, 0.2) is 73.3 Å². The summed E-state index contributed by atoms with van der Waals surface area (Å²) < 4.78 is 0. The number of pyridine rings is 2. The van der Waals surface area contributed by atoms with Crippen LogP contribution in [-0.4, -0.2) is 52.9 Å². The molecule has 0 spiro atoms. The largest absolute Gasteiger partial charge is 0.348 e. The molecule has 0 aliphatic carbocycles. The SMILES string of the molecule is CN(C)C(=O)C1(Cc2ccccc2-c2cccnc2)CCCN(Cc2cccnc2)C1. The van der Waals surface area contributed by atoms with E-state index in [2.05, 4.69) is 51.3 Å². The van der Waals surface area contributed by atoms with Crippen LogP contribution >= 0.6 is 0 Å². The number of amides is 1. The van der Waals surface area contributed by atoms with E-state index in [0.717, 1.165) is 50.0 Å². The number of benzene rings is 1. The summed E-state index contributed by atoms with van der Waals surface area (Å²) in [6.45, 7) is 2.57. The fourth-order valence-electron chi connectivity index (χ4n) is 4.82. The van der Waals surface area contributed by atoms with Gasteiger partial charge in [-0.3, -0.25) is 19.7 Å². The molecule has 1 aromatic carbocycles. The highest BCUT2D eigenvalue weighted by molar-refractivity contribution is 5.83. The molecule has 1 atom stereocenters. The minimum atomic E-state index is -0.442. The van der Waals surface area contributed by atoms with Crippen molar-refractivity contribution in [2.75, 3.05) is 27.2 Å². The second kappa shape index (κ2) is 9.40. The topological polar surface area (TPSA) is 49.3 Å². The molecule has 1 unspecified atom stereocenters. The minimum absolute atomic E-state index is 0.212. The predicted octanol–water partition coefficient (Wildman–Crippen LogP) is 4.06. The molecule has 3 heterocycles. The average molecular weight is 415 g/mol. The molecular weight excluding hydrogens is 384 g/mol. The van der Waals surface area contributed by atoms with Gasteiger partial charge in [0, 0.05) is 57.5 Å². The molecule has 3 aromatic rings. The van der Waals surface area contributed by atoms with Crippen molar-refractivity contribution in [1.29, 1.82) is 0 Å². The van der Waals surface area contributed by atoms with Gasteiger partial charge in [0.25, 0.3) is 0 Å². The summed E-state index contributed by atoms with van der Waals surface area (Å²) in [5, 5.41) is 0. The van der Waals surface area contributed by atoms with Gasteiger partial charge in [-0.2, -0.15) is 0 Å². The fourth-order valence-corrected chi connectivity index (χ4v) is 4.82. The van der Waals surface area contributed by atoms with Gasteiger partial charge >= 0.3 is 0 Å². The summed E-state index contributed by atoms with van der Waals surface area (Å²) in [4.78, 5) is 26.3. The van der Waals surface area contributed by atoms with Crippen LogP contribution in [0.1, 0.15) is 24.0 Å². The van der Waals surface area contributed by atoms with E-state index in [0.29, 0.717) is 0 Å². The molecule has 160 valence electrons. The minimum Gasteiger partial charge on any atom is -0.348 e. The first-order valence-corrected chi connectivity index (χ1v) is 10.9. The van der Waals surface area contributed by atoms with E-state index in [9.17, 15) is 4.79 Å². The number of aromatic nitrogens is 2. The van der Waals surface area contributed by atoms with E-state index in [-0.39, 0.29) is 5.91 Å². The maximum Gasteiger partial charge on any atom is 0.229 e. The van der Waals surface area contributed by atoms with E-state index in [4.69, 9.17) is 0 Å². The Morgan fingerprint density at radius 3 is 2.52 bits per heavy atom. The van der Waals surface area contributed by atoms with Crippen LogP contribution < -0.4 is 0 Å². The van der Waals surface area contributed by atoms with Gasteiger partial charge in [-0.1, -0.05) is 36.4 Å². The van der Waals surface area contributed by atoms with Gasteiger partial charge in [-0.15, -0.1) is 0 Å². The Balaban J connectivity index is 1.66. The van der Waals surface area contributed by atoms with E-state index in [1.165, 1.54) is 11.1 Å². The lowest BCUT2D eigenvalue weighted by molar-refractivity contribution is -0.143. The van der Waals surface area contributed by atoms with Crippen LogP contribution in [0.4, 0.5) is 0 Å². The molecule has 1 aliphatic heterocycles. The first-order valence-electron chi connectivity index (χ1n) is 10.9. The van der Waals surface area contributed by atoms with E-state index < -0.39 is 5.41 Å². The van der Waals surface area contributed by atoms with Gasteiger partial charge in [0.05, 0.1) is 5.41 Å². The van der Waals surface area contributed by atoms with Crippen molar-refractivity contribution in [1.82, 2.24) is 19.8 Å². The summed E-state index contributed by atoms with van der Waals surface area (Å²) in [5.41, 5.74) is 4.20. The van der Waals surface area contributed by atoms with Gasteiger partial charge in [-0.25, -0.2) is 0 Å². The fraction of sp³-hybridized carbons (Fsp3) is 0.346. The number of hydrogen-bond acceptors (Lipinski definition) is 4. The molecule has 0 bridgehead atoms. The van der Waals surface area contributed by atoms with Crippen molar-refractivity contribution in [3.05, 3.63) is 84.4 Å². The number of carbonyl (C=O) groups is 1. The Kier molecular flexibility index (Phi) is 6.42. The molecule has 5 nitrogen and oxygen atoms in total. The summed E-state index contributed by atoms with van der Waals surface area (Å²) >= 11 is 0. The number of carbonyl (C=O) groups excluding carboxylic acids is 1. The van der Waals surface area contributed by atoms with Crippen LogP contribution in [0.5, 0.6) is 0 Å². The molecule has 0 N–H and O–H groups in total. The second-order valence-electron chi connectivity index (χ2n) is 8.73. The maximum atomic E-state index is 13.5. The van der Waals surface area contributed by atoms with Gasteiger partial charge in [-0.05, 0) is 54.6 Å². The average Bonchev–Trinajstić information content (AvgIpc) is 2.80. The van der Waals surface area contributed by atoms with Crippen molar-refractivity contribution in [2.24, 2.45) is 5.41 Å². The van der Waals surface area contributed by atoms with Crippen molar-refractivity contribution >= 4 is 5.91 Å². The standard InChI is InChI=1S/C26H30N4O/c1-29(2)25(31)26(12-7-15-30(20-26)19-21-8-5-13-27-17-21)16-22-9-3-4-11-24(22)23-10-6-14-28-18-23/h3-6,8-11,13-14,17-18H,7,12,15-16,19-20H2,1-2H3. The van der Waals surface area contributed by atoms with E-state index in [1.807, 2.05) is 38.6 Å². The third-order valence-corrected chi connectivity index (χ3v) is 6.16. The third-order valence-electron chi connectivity index (χ3n) is 6.16. The zero-order valence-electron chi connectivity index (χ0n) is 18.4. The van der Waals surface area contributed by atoms with Crippen LogP contribution in [-0.2, 0) is 17.8 Å². The quantitative estimate of drug-likeness (QED) is 0.610. The number of rotatable bonds is 6. The second-order valence-corrected chi connectivity index (χ2v) is 8.73. The van der Waals surface area contributed by atoms with Crippen LogP contribution in [0, 0.1) is 5.41 Å². The van der Waals surface area contributed by atoms with E-state index >= 15 is 0 Å². The molecule has 1 aliphatic rings. The molecular formula is C26H30N4O. The highest BCUT2D eigenvalue weighted by Crippen LogP contribution is 2.38. The summed E-state index contributed by atoms with van der Waals surface area (Å²) in [7, 11) is 3.74. The molecule has 5 heteroatoms.